The average molecular weight is 188 g/mol. The van der Waals surface area contributed by atoms with E-state index in [-0.39, 0.29) is 11.4 Å². The zero-order valence-corrected chi connectivity index (χ0v) is 6.91. The second-order valence-corrected chi connectivity index (χ2v) is 2.63. The van der Waals surface area contributed by atoms with Crippen molar-refractivity contribution >= 4 is 11.3 Å². The van der Waals surface area contributed by atoms with Crippen molar-refractivity contribution in [3.63, 3.8) is 0 Å². The molecule has 0 saturated heterocycles. The number of hydrogen-bond acceptors (Lipinski definition) is 4. The molecule has 0 aromatic carbocycles. The number of fused-ring (bicyclic) bond motifs is 1. The molecule has 6 nitrogen and oxygen atoms in total. The van der Waals surface area contributed by atoms with Gasteiger partial charge in [0.25, 0.3) is 5.69 Å². The summed E-state index contributed by atoms with van der Waals surface area (Å²) >= 11 is 0. The van der Waals surface area contributed by atoms with Crippen molar-refractivity contribution in [1.82, 2.24) is 9.38 Å². The Bertz CT molecular complexity index is 552. The highest BCUT2D eigenvalue weighted by Crippen LogP contribution is 2.13. The molecule has 2 heterocycles. The first-order valence-corrected chi connectivity index (χ1v) is 3.74. The number of nitrogens with zero attached hydrogens (tertiary/aromatic N) is 4. The van der Waals surface area contributed by atoms with Crippen LogP contribution < -0.4 is 0 Å². The molecule has 0 spiro atoms. The molecule has 0 atom stereocenters. The zero-order valence-electron chi connectivity index (χ0n) is 6.91. The van der Waals surface area contributed by atoms with Crippen molar-refractivity contribution in [1.29, 1.82) is 5.26 Å². The van der Waals surface area contributed by atoms with E-state index in [1.165, 1.54) is 28.9 Å². The fourth-order valence-corrected chi connectivity index (χ4v) is 1.16. The first-order chi connectivity index (χ1) is 6.72. The van der Waals surface area contributed by atoms with Crippen LogP contribution in [0.25, 0.3) is 5.65 Å². The summed E-state index contributed by atoms with van der Waals surface area (Å²) in [5, 5.41) is 19.1. The maximum atomic E-state index is 10.5. The molecule has 68 valence electrons. The SMILES string of the molecule is N#Cc1cnc2ccc([N+](=O)[O-])cn12. The van der Waals surface area contributed by atoms with E-state index in [1.807, 2.05) is 6.07 Å². The fraction of sp³-hybridized carbons (Fsp3) is 0. The molecule has 0 saturated carbocycles. The molecule has 6 heteroatoms. The number of aromatic nitrogens is 2. The maximum absolute atomic E-state index is 10.5. The minimum atomic E-state index is -0.513. The van der Waals surface area contributed by atoms with E-state index in [2.05, 4.69) is 4.98 Å². The quantitative estimate of drug-likeness (QED) is 0.495. The molecule has 0 fully saturated rings. The molecule has 0 aliphatic heterocycles. The standard InChI is InChI=1S/C8H4N4O2/c9-3-7-4-10-8-2-1-6(12(13)14)5-11(7)8/h1-2,4-5H. The van der Waals surface area contributed by atoms with E-state index in [9.17, 15) is 10.1 Å². The predicted molar refractivity (Wildman–Crippen MR) is 46.6 cm³/mol. The van der Waals surface area contributed by atoms with Gasteiger partial charge in [-0.25, -0.2) is 4.98 Å². The van der Waals surface area contributed by atoms with Gasteiger partial charge in [-0.15, -0.1) is 0 Å². The highest BCUT2D eigenvalue weighted by atomic mass is 16.6. The van der Waals surface area contributed by atoms with Crippen molar-refractivity contribution in [2.45, 2.75) is 0 Å². The van der Waals surface area contributed by atoms with Crippen molar-refractivity contribution in [2.75, 3.05) is 0 Å². The van der Waals surface area contributed by atoms with Crippen LogP contribution in [-0.4, -0.2) is 14.3 Å². The van der Waals surface area contributed by atoms with E-state index in [1.54, 1.807) is 0 Å². The lowest BCUT2D eigenvalue weighted by atomic mass is 10.4. The smallest absolute Gasteiger partial charge is 0.284 e. The number of pyridine rings is 1. The lowest BCUT2D eigenvalue weighted by Gasteiger charge is -1.94. The van der Waals surface area contributed by atoms with Crippen LogP contribution in [0.4, 0.5) is 5.69 Å². The zero-order chi connectivity index (χ0) is 10.1. The Morgan fingerprint density at radius 1 is 1.57 bits per heavy atom. The van der Waals surface area contributed by atoms with Gasteiger partial charge < -0.3 is 0 Å². The van der Waals surface area contributed by atoms with Gasteiger partial charge in [-0.05, 0) is 6.07 Å². The van der Waals surface area contributed by atoms with Gasteiger partial charge in [0.2, 0.25) is 0 Å². The largest absolute Gasteiger partial charge is 0.286 e. The Kier molecular flexibility index (Phi) is 1.65. The summed E-state index contributed by atoms with van der Waals surface area (Å²) in [6, 6.07) is 4.74. The third-order valence-electron chi connectivity index (χ3n) is 1.82. The Morgan fingerprint density at radius 2 is 2.36 bits per heavy atom. The summed E-state index contributed by atoms with van der Waals surface area (Å²) in [5.74, 6) is 0. The fourth-order valence-electron chi connectivity index (χ4n) is 1.16. The summed E-state index contributed by atoms with van der Waals surface area (Å²) in [4.78, 5) is 13.8. The molecule has 2 rings (SSSR count). The van der Waals surface area contributed by atoms with Crippen LogP contribution in [0.5, 0.6) is 0 Å². The molecule has 2 aromatic heterocycles. The molecular weight excluding hydrogens is 184 g/mol. The highest BCUT2D eigenvalue weighted by molar-refractivity contribution is 5.47. The van der Waals surface area contributed by atoms with Gasteiger partial charge in [0.15, 0.2) is 0 Å². The molecule has 14 heavy (non-hydrogen) atoms. The molecule has 0 N–H and O–H groups in total. The normalized spacial score (nSPS) is 9.93. The van der Waals surface area contributed by atoms with Crippen LogP contribution in [0.2, 0.25) is 0 Å². The average Bonchev–Trinajstić information content (AvgIpc) is 2.59. The van der Waals surface area contributed by atoms with Gasteiger partial charge >= 0.3 is 0 Å². The maximum Gasteiger partial charge on any atom is 0.286 e. The molecular formula is C8H4N4O2. The highest BCUT2D eigenvalue weighted by Gasteiger charge is 2.08. The molecule has 0 unspecified atom stereocenters. The van der Waals surface area contributed by atoms with Gasteiger partial charge in [-0.1, -0.05) is 0 Å². The van der Waals surface area contributed by atoms with Crippen LogP contribution in [0, 0.1) is 21.4 Å². The minimum Gasteiger partial charge on any atom is -0.284 e. The molecule has 2 aromatic rings. The lowest BCUT2D eigenvalue weighted by Crippen LogP contribution is -1.93. The number of hydrogen-bond donors (Lipinski definition) is 0. The van der Waals surface area contributed by atoms with Crippen LogP contribution in [0.1, 0.15) is 5.69 Å². The predicted octanol–water partition coefficient (Wildman–Crippen LogP) is 1.11. The van der Waals surface area contributed by atoms with E-state index >= 15 is 0 Å². The topological polar surface area (TPSA) is 84.2 Å². The molecule has 0 aliphatic rings. The second kappa shape index (κ2) is 2.81. The van der Waals surface area contributed by atoms with Gasteiger partial charge in [0.05, 0.1) is 17.3 Å². The van der Waals surface area contributed by atoms with E-state index in [4.69, 9.17) is 5.26 Å². The van der Waals surface area contributed by atoms with Gasteiger partial charge in [-0.3, -0.25) is 14.5 Å². The van der Waals surface area contributed by atoms with Crippen LogP contribution in [-0.2, 0) is 0 Å². The van der Waals surface area contributed by atoms with E-state index in [0.29, 0.717) is 5.65 Å². The Hall–Kier alpha value is -2.42. The number of nitriles is 1. The number of imidazole rings is 1. The van der Waals surface area contributed by atoms with Crippen molar-refractivity contribution in [3.05, 3.63) is 40.3 Å². The molecule has 0 amide bonds. The van der Waals surface area contributed by atoms with Gasteiger partial charge in [0.1, 0.15) is 17.4 Å². The van der Waals surface area contributed by atoms with Crippen molar-refractivity contribution in [2.24, 2.45) is 0 Å². The monoisotopic (exact) mass is 188 g/mol. The van der Waals surface area contributed by atoms with E-state index in [0.717, 1.165) is 0 Å². The number of rotatable bonds is 1. The minimum absolute atomic E-state index is 0.0630. The van der Waals surface area contributed by atoms with Crippen LogP contribution >= 0.6 is 0 Å². The second-order valence-electron chi connectivity index (χ2n) is 2.63. The lowest BCUT2D eigenvalue weighted by molar-refractivity contribution is -0.385. The summed E-state index contributed by atoms with van der Waals surface area (Å²) < 4.78 is 1.39. The summed E-state index contributed by atoms with van der Waals surface area (Å²) in [6.45, 7) is 0. The van der Waals surface area contributed by atoms with Crippen LogP contribution in [0.15, 0.2) is 24.5 Å². The van der Waals surface area contributed by atoms with Crippen molar-refractivity contribution < 1.29 is 4.92 Å². The third-order valence-corrected chi connectivity index (χ3v) is 1.82. The molecule has 0 aliphatic carbocycles. The van der Waals surface area contributed by atoms with Gasteiger partial charge in [0, 0.05) is 6.07 Å². The summed E-state index contributed by atoms with van der Waals surface area (Å²) in [7, 11) is 0. The Morgan fingerprint density at radius 3 is 3.00 bits per heavy atom. The van der Waals surface area contributed by atoms with E-state index < -0.39 is 4.92 Å². The van der Waals surface area contributed by atoms with Gasteiger partial charge in [-0.2, -0.15) is 5.26 Å². The summed E-state index contributed by atoms with van der Waals surface area (Å²) in [6.07, 6.45) is 2.65. The first-order valence-electron chi connectivity index (χ1n) is 3.74. The molecule has 0 bridgehead atoms. The Balaban J connectivity index is 2.75. The Labute approximate surface area is 78.2 Å². The molecule has 0 radical (unpaired) electrons. The third kappa shape index (κ3) is 1.08. The number of nitro groups is 1. The summed E-state index contributed by atoms with van der Waals surface area (Å²) in [5.41, 5.74) is 0.739. The first kappa shape index (κ1) is 8.19. The van der Waals surface area contributed by atoms with Crippen LogP contribution in [0.3, 0.4) is 0 Å². The van der Waals surface area contributed by atoms with Crippen molar-refractivity contribution in [3.8, 4) is 6.07 Å².